The SMILES string of the molecule is CCCCCN(CC)Cc1ccc(F)cc1. The molecule has 0 unspecified atom stereocenters. The second kappa shape index (κ2) is 7.39. The van der Waals surface area contributed by atoms with E-state index < -0.39 is 0 Å². The summed E-state index contributed by atoms with van der Waals surface area (Å²) in [7, 11) is 0. The number of unbranched alkanes of at least 4 members (excludes halogenated alkanes) is 2. The molecule has 0 radical (unpaired) electrons. The minimum atomic E-state index is -0.155. The molecule has 1 aromatic carbocycles. The van der Waals surface area contributed by atoms with Gasteiger partial charge < -0.3 is 0 Å². The molecule has 0 aliphatic heterocycles. The van der Waals surface area contributed by atoms with Gasteiger partial charge in [0, 0.05) is 6.54 Å². The molecule has 0 aliphatic rings. The van der Waals surface area contributed by atoms with Gasteiger partial charge in [-0.15, -0.1) is 0 Å². The van der Waals surface area contributed by atoms with Crippen LogP contribution < -0.4 is 0 Å². The van der Waals surface area contributed by atoms with Gasteiger partial charge in [-0.3, -0.25) is 4.90 Å². The molecule has 0 heterocycles. The van der Waals surface area contributed by atoms with Crippen molar-refractivity contribution >= 4 is 0 Å². The van der Waals surface area contributed by atoms with Crippen molar-refractivity contribution < 1.29 is 4.39 Å². The van der Waals surface area contributed by atoms with Crippen molar-refractivity contribution in [2.24, 2.45) is 0 Å². The second-order valence-electron chi connectivity index (χ2n) is 4.20. The third kappa shape index (κ3) is 4.75. The molecule has 0 fully saturated rings. The largest absolute Gasteiger partial charge is 0.299 e. The Balaban J connectivity index is 2.40. The first-order valence-electron chi connectivity index (χ1n) is 6.23. The van der Waals surface area contributed by atoms with Crippen molar-refractivity contribution in [1.29, 1.82) is 0 Å². The van der Waals surface area contributed by atoms with Crippen LogP contribution in [0.3, 0.4) is 0 Å². The first-order chi connectivity index (χ1) is 7.76. The van der Waals surface area contributed by atoms with E-state index in [-0.39, 0.29) is 5.82 Å². The summed E-state index contributed by atoms with van der Waals surface area (Å²) in [6, 6.07) is 6.82. The van der Waals surface area contributed by atoms with Crippen molar-refractivity contribution in [3.8, 4) is 0 Å². The van der Waals surface area contributed by atoms with Crippen molar-refractivity contribution in [3.63, 3.8) is 0 Å². The molecule has 2 heteroatoms. The fraction of sp³-hybridized carbons (Fsp3) is 0.571. The van der Waals surface area contributed by atoms with Gasteiger partial charge in [0.15, 0.2) is 0 Å². The normalized spacial score (nSPS) is 11.0. The van der Waals surface area contributed by atoms with Crippen LogP contribution in [-0.4, -0.2) is 18.0 Å². The Labute approximate surface area is 98.3 Å². The number of benzene rings is 1. The molecule has 1 aromatic rings. The van der Waals surface area contributed by atoms with Crippen LogP contribution in [0.4, 0.5) is 4.39 Å². The van der Waals surface area contributed by atoms with E-state index in [2.05, 4.69) is 18.7 Å². The Bertz CT molecular complexity index is 281. The Morgan fingerprint density at radius 1 is 1.06 bits per heavy atom. The summed E-state index contributed by atoms with van der Waals surface area (Å²) in [5, 5.41) is 0. The molecule has 0 aliphatic carbocycles. The Hall–Kier alpha value is -0.890. The van der Waals surface area contributed by atoms with Gasteiger partial charge in [-0.05, 0) is 37.2 Å². The highest BCUT2D eigenvalue weighted by atomic mass is 19.1. The molecule has 1 rings (SSSR count). The number of rotatable bonds is 7. The molecule has 0 atom stereocenters. The van der Waals surface area contributed by atoms with E-state index >= 15 is 0 Å². The fourth-order valence-corrected chi connectivity index (χ4v) is 1.78. The smallest absolute Gasteiger partial charge is 0.123 e. The summed E-state index contributed by atoms with van der Waals surface area (Å²) in [5.74, 6) is -0.155. The second-order valence-corrected chi connectivity index (χ2v) is 4.20. The number of hydrogen-bond donors (Lipinski definition) is 0. The van der Waals surface area contributed by atoms with Crippen LogP contribution >= 0.6 is 0 Å². The summed E-state index contributed by atoms with van der Waals surface area (Å²) in [5.41, 5.74) is 1.19. The molecule has 0 saturated heterocycles. The van der Waals surface area contributed by atoms with E-state index in [9.17, 15) is 4.39 Å². The first-order valence-corrected chi connectivity index (χ1v) is 6.23. The van der Waals surface area contributed by atoms with E-state index in [1.807, 2.05) is 12.1 Å². The van der Waals surface area contributed by atoms with Gasteiger partial charge >= 0.3 is 0 Å². The predicted molar refractivity (Wildman–Crippen MR) is 66.9 cm³/mol. The zero-order valence-corrected chi connectivity index (χ0v) is 10.4. The Kier molecular flexibility index (Phi) is 6.09. The highest BCUT2D eigenvalue weighted by Gasteiger charge is 2.03. The monoisotopic (exact) mass is 223 g/mol. The van der Waals surface area contributed by atoms with Crippen molar-refractivity contribution in [2.75, 3.05) is 13.1 Å². The average Bonchev–Trinajstić information content (AvgIpc) is 2.31. The summed E-state index contributed by atoms with van der Waals surface area (Å²) < 4.78 is 12.7. The quantitative estimate of drug-likeness (QED) is 0.635. The van der Waals surface area contributed by atoms with Gasteiger partial charge in [0.1, 0.15) is 5.82 Å². The Morgan fingerprint density at radius 3 is 2.31 bits per heavy atom. The number of hydrogen-bond acceptors (Lipinski definition) is 1. The molecule has 90 valence electrons. The van der Waals surface area contributed by atoms with Crippen LogP contribution in [0.1, 0.15) is 38.7 Å². The molecule has 0 N–H and O–H groups in total. The molecular weight excluding hydrogens is 201 g/mol. The summed E-state index contributed by atoms with van der Waals surface area (Å²) in [6.07, 6.45) is 3.81. The van der Waals surface area contributed by atoms with E-state index in [0.29, 0.717) is 0 Å². The molecule has 0 bridgehead atoms. The zero-order chi connectivity index (χ0) is 11.8. The molecule has 0 aromatic heterocycles. The fourth-order valence-electron chi connectivity index (χ4n) is 1.78. The highest BCUT2D eigenvalue weighted by Crippen LogP contribution is 2.07. The van der Waals surface area contributed by atoms with Crippen molar-refractivity contribution in [1.82, 2.24) is 4.90 Å². The lowest BCUT2D eigenvalue weighted by Crippen LogP contribution is -2.23. The lowest BCUT2D eigenvalue weighted by atomic mass is 10.2. The van der Waals surface area contributed by atoms with Crippen LogP contribution in [0.15, 0.2) is 24.3 Å². The molecule has 1 nitrogen and oxygen atoms in total. The predicted octanol–water partition coefficient (Wildman–Crippen LogP) is 3.84. The van der Waals surface area contributed by atoms with Gasteiger partial charge in [-0.2, -0.15) is 0 Å². The average molecular weight is 223 g/mol. The topological polar surface area (TPSA) is 3.24 Å². The molecule has 0 amide bonds. The zero-order valence-electron chi connectivity index (χ0n) is 10.4. The maximum absolute atomic E-state index is 12.7. The van der Waals surface area contributed by atoms with E-state index in [4.69, 9.17) is 0 Å². The maximum Gasteiger partial charge on any atom is 0.123 e. The highest BCUT2D eigenvalue weighted by molar-refractivity contribution is 5.15. The number of nitrogens with zero attached hydrogens (tertiary/aromatic N) is 1. The van der Waals surface area contributed by atoms with Crippen LogP contribution in [-0.2, 0) is 6.54 Å². The Morgan fingerprint density at radius 2 is 1.75 bits per heavy atom. The number of halogens is 1. The van der Waals surface area contributed by atoms with Crippen LogP contribution in [0.5, 0.6) is 0 Å². The van der Waals surface area contributed by atoms with E-state index in [1.165, 1.54) is 37.0 Å². The molecule has 0 saturated carbocycles. The van der Waals surface area contributed by atoms with E-state index in [1.54, 1.807) is 0 Å². The van der Waals surface area contributed by atoms with Gasteiger partial charge in [0.25, 0.3) is 0 Å². The maximum atomic E-state index is 12.7. The van der Waals surface area contributed by atoms with Crippen LogP contribution in [0, 0.1) is 5.82 Å². The van der Waals surface area contributed by atoms with E-state index in [0.717, 1.165) is 19.6 Å². The molecule has 16 heavy (non-hydrogen) atoms. The lowest BCUT2D eigenvalue weighted by Gasteiger charge is -2.20. The minimum absolute atomic E-state index is 0.155. The van der Waals surface area contributed by atoms with Gasteiger partial charge in [0.05, 0.1) is 0 Å². The third-order valence-electron chi connectivity index (χ3n) is 2.84. The third-order valence-corrected chi connectivity index (χ3v) is 2.84. The van der Waals surface area contributed by atoms with Gasteiger partial charge in [0.2, 0.25) is 0 Å². The molecular formula is C14H22FN. The van der Waals surface area contributed by atoms with Crippen LogP contribution in [0.2, 0.25) is 0 Å². The summed E-state index contributed by atoms with van der Waals surface area (Å²) in [6.45, 7) is 7.52. The van der Waals surface area contributed by atoms with Gasteiger partial charge in [-0.25, -0.2) is 4.39 Å². The standard InChI is InChI=1S/C14H22FN/c1-3-5-6-11-16(4-2)12-13-7-9-14(15)10-8-13/h7-10H,3-6,11-12H2,1-2H3. The molecule has 0 spiro atoms. The van der Waals surface area contributed by atoms with Crippen LogP contribution in [0.25, 0.3) is 0 Å². The van der Waals surface area contributed by atoms with Gasteiger partial charge in [-0.1, -0.05) is 38.8 Å². The summed E-state index contributed by atoms with van der Waals surface area (Å²) in [4.78, 5) is 2.41. The van der Waals surface area contributed by atoms with Crippen molar-refractivity contribution in [2.45, 2.75) is 39.7 Å². The van der Waals surface area contributed by atoms with Crippen molar-refractivity contribution in [3.05, 3.63) is 35.6 Å². The lowest BCUT2D eigenvalue weighted by molar-refractivity contribution is 0.273. The minimum Gasteiger partial charge on any atom is -0.299 e. The summed E-state index contributed by atoms with van der Waals surface area (Å²) >= 11 is 0. The first kappa shape index (κ1) is 13.2.